The fourth-order valence-electron chi connectivity index (χ4n) is 7.97. The number of nitrogens with two attached hydrogens (primary N) is 1. The first-order valence-electron chi connectivity index (χ1n) is 25.1. The molecule has 1 saturated heterocycles. The maximum atomic E-state index is 13.4. The molecule has 22 nitrogen and oxygen atoms in total. The van der Waals surface area contributed by atoms with E-state index in [4.69, 9.17) is 33.7 Å². The van der Waals surface area contributed by atoms with Gasteiger partial charge in [0.2, 0.25) is 0 Å². The largest absolute Gasteiger partial charge is 0.481 e. The molecule has 0 spiro atoms. The SMILES string of the molecule is CCCCC[C@H](O)/C=C/[C@H]1OC(O)C[C@H](O)[C@@H]2CC=CCCCC(=O)OC[C@@H](OC(=O)CCCCCCCCCCC(C)CC)COP(=O)(O)OP(=O)(O)OC[C@@H](O[C@H]2n2ccc(N)nc2=O)[C@@H](O)[C@H]1O. The predicted molar refractivity (Wildman–Crippen MR) is 260 cm³/mol. The molecule has 0 amide bonds. The van der Waals surface area contributed by atoms with Gasteiger partial charge in [0, 0.05) is 31.4 Å². The van der Waals surface area contributed by atoms with Crippen LogP contribution in [0.5, 0.6) is 0 Å². The summed E-state index contributed by atoms with van der Waals surface area (Å²) < 4.78 is 64.7. The molecule has 0 aliphatic carbocycles. The first-order chi connectivity index (χ1) is 33.7. The Morgan fingerprint density at radius 1 is 0.901 bits per heavy atom. The number of nitrogen functional groups attached to an aromatic ring is 1. The van der Waals surface area contributed by atoms with Gasteiger partial charge in [0.15, 0.2) is 12.4 Å². The number of aromatic nitrogens is 2. The molecule has 2 aliphatic rings. The van der Waals surface area contributed by atoms with Gasteiger partial charge in [-0.3, -0.25) is 23.2 Å². The third kappa shape index (κ3) is 24.8. The number of hydrogen-bond acceptors (Lipinski definition) is 19. The Balaban J connectivity index is 1.89. The molecule has 4 unspecified atom stereocenters. The monoisotopic (exact) mass is 1050 g/mol. The van der Waals surface area contributed by atoms with E-state index < -0.39 is 121 Å². The van der Waals surface area contributed by atoms with E-state index in [0.717, 1.165) is 61.6 Å². The molecular weight excluding hydrogens is 972 g/mol. The quantitative estimate of drug-likeness (QED) is 0.0331. The Morgan fingerprint density at radius 2 is 1.56 bits per heavy atom. The predicted octanol–water partition coefficient (Wildman–Crippen LogP) is 5.80. The Morgan fingerprint density at radius 3 is 2.24 bits per heavy atom. The molecule has 3 heterocycles. The van der Waals surface area contributed by atoms with Crippen LogP contribution in [0.25, 0.3) is 0 Å². The zero-order chi connectivity index (χ0) is 52.4. The van der Waals surface area contributed by atoms with E-state index in [0.29, 0.717) is 19.3 Å². The van der Waals surface area contributed by atoms with Crippen molar-refractivity contribution in [2.24, 2.45) is 11.8 Å². The molecule has 1 aromatic rings. The molecule has 9 N–H and O–H groups in total. The highest BCUT2D eigenvalue weighted by Crippen LogP contribution is 2.60. The second-order valence-corrected chi connectivity index (χ2v) is 21.5. The van der Waals surface area contributed by atoms with Crippen LogP contribution in [0.15, 0.2) is 41.4 Å². The van der Waals surface area contributed by atoms with Gasteiger partial charge in [-0.05, 0) is 44.1 Å². The smallest absolute Gasteiger partial charge is 0.462 e. The van der Waals surface area contributed by atoms with Gasteiger partial charge in [-0.15, -0.1) is 0 Å². The van der Waals surface area contributed by atoms with Crippen molar-refractivity contribution in [3.8, 4) is 0 Å². The number of hydrogen-bond donors (Lipinski definition) is 8. The highest BCUT2D eigenvalue weighted by Gasteiger charge is 2.44. The Labute approximate surface area is 417 Å². The van der Waals surface area contributed by atoms with Gasteiger partial charge >= 0.3 is 33.3 Å². The first-order valence-corrected chi connectivity index (χ1v) is 28.1. The van der Waals surface area contributed by atoms with Crippen molar-refractivity contribution in [2.75, 3.05) is 25.6 Å². The number of fused-ring (bicyclic) bond motifs is 3. The van der Waals surface area contributed by atoms with Crippen LogP contribution in [0, 0.1) is 11.8 Å². The van der Waals surface area contributed by atoms with Crippen molar-refractivity contribution in [3.05, 3.63) is 47.1 Å². The van der Waals surface area contributed by atoms with Gasteiger partial charge in [0.1, 0.15) is 43.1 Å². The van der Waals surface area contributed by atoms with Gasteiger partial charge in [-0.1, -0.05) is 122 Å². The van der Waals surface area contributed by atoms with E-state index >= 15 is 0 Å². The number of anilines is 1. The Bertz CT molecular complexity index is 1920. The fraction of sp³-hybridized carbons (Fsp3) is 0.787. The molecule has 1 fully saturated rings. The van der Waals surface area contributed by atoms with E-state index in [2.05, 4.69) is 23.1 Å². The topological polar surface area (TPSA) is 335 Å². The number of nitrogens with zero attached hydrogens (tertiary/aromatic N) is 2. The first kappa shape index (κ1) is 62.4. The number of carbonyl (C=O) groups excluding carboxylic acids is 2. The lowest BCUT2D eigenvalue weighted by Crippen LogP contribution is -2.49. The normalized spacial score (nSPS) is 31.2. The standard InChI is InChI=1S/C47H81N3O19P2/c1-4-6-15-21-34(51)25-26-38-44(56)45(57)39-32-65-71(61,62)69-70(59,60)64-31-35(66-42(54)24-19-12-10-8-7-9-11-16-20-33(3)5-2)30-63-41(53)23-18-14-13-17-22-36(37(52)29-43(55)67-38)46(68-39)50-28-27-40(48)49-47(50)58/h13,17,25-28,33-39,43-46,51-52,55-57H,4-12,14-16,18-24,29-32H2,1-3H3,(H,59,60)(H,61,62)(H2,48,49,58)/b17-13?,26-25+/t33?,34-,35+,36-,37-,38+,39+,43?,44-,45+,46+/m0/s1. The van der Waals surface area contributed by atoms with Crippen molar-refractivity contribution >= 4 is 33.4 Å². The van der Waals surface area contributed by atoms with Crippen molar-refractivity contribution in [3.63, 3.8) is 0 Å². The average Bonchev–Trinajstić information content (AvgIpc) is 3.31. The molecule has 2 aliphatic heterocycles. The van der Waals surface area contributed by atoms with Crippen LogP contribution in [-0.2, 0) is 51.0 Å². The maximum absolute atomic E-state index is 13.4. The third-order valence-electron chi connectivity index (χ3n) is 12.4. The van der Waals surface area contributed by atoms with Gasteiger partial charge < -0.3 is 60.0 Å². The van der Waals surface area contributed by atoms with Gasteiger partial charge in [0.25, 0.3) is 0 Å². The molecule has 0 aromatic carbocycles. The van der Waals surface area contributed by atoms with Crippen LogP contribution < -0.4 is 11.4 Å². The lowest BCUT2D eigenvalue weighted by atomic mass is 9.92. The minimum absolute atomic E-state index is 0.00456. The summed E-state index contributed by atoms with van der Waals surface area (Å²) >= 11 is 0. The highest BCUT2D eigenvalue weighted by molar-refractivity contribution is 7.61. The van der Waals surface area contributed by atoms with E-state index in [1.807, 2.05) is 6.92 Å². The second kappa shape index (κ2) is 33.1. The van der Waals surface area contributed by atoms with Crippen LogP contribution in [-0.4, -0.2) is 126 Å². The summed E-state index contributed by atoms with van der Waals surface area (Å²) in [6.07, 6.45) is 4.05. The van der Waals surface area contributed by atoms with Gasteiger partial charge in [-0.2, -0.15) is 9.29 Å². The molecular formula is C47H81N3O19P2. The average molecular weight is 1050 g/mol. The van der Waals surface area contributed by atoms with Crippen molar-refractivity contribution in [1.29, 1.82) is 0 Å². The highest BCUT2D eigenvalue weighted by atomic mass is 31.3. The van der Waals surface area contributed by atoms with Crippen molar-refractivity contribution < 1.29 is 86.3 Å². The molecule has 3 rings (SSSR count). The number of aliphatic hydroxyl groups excluding tert-OH is 5. The molecule has 2 bridgehead atoms. The van der Waals surface area contributed by atoms with Crippen molar-refractivity contribution in [2.45, 2.75) is 204 Å². The lowest BCUT2D eigenvalue weighted by Gasteiger charge is -2.36. The number of ether oxygens (including phenoxy) is 4. The van der Waals surface area contributed by atoms with Crippen LogP contribution >= 0.6 is 15.6 Å². The summed E-state index contributed by atoms with van der Waals surface area (Å²) in [5, 5.41) is 56.8. The third-order valence-corrected chi connectivity index (χ3v) is 15.0. The van der Waals surface area contributed by atoms with Crippen LogP contribution in [0.3, 0.4) is 0 Å². The van der Waals surface area contributed by atoms with Crippen LogP contribution in [0.1, 0.15) is 155 Å². The van der Waals surface area contributed by atoms with E-state index in [9.17, 15) is 58.8 Å². The molecule has 13 atom stereocenters. The number of phosphoric ester groups is 2. The number of allylic oxidation sites excluding steroid dienone is 2. The van der Waals surface area contributed by atoms with Crippen molar-refractivity contribution in [1.82, 2.24) is 9.55 Å². The number of phosphoric acid groups is 2. The van der Waals surface area contributed by atoms with Gasteiger partial charge in [-0.25, -0.2) is 13.9 Å². The maximum Gasteiger partial charge on any atom is 0.481 e. The number of unbranched alkanes of at least 4 members (excludes halogenated alkanes) is 9. The van der Waals surface area contributed by atoms with E-state index in [1.54, 1.807) is 12.2 Å². The second-order valence-electron chi connectivity index (χ2n) is 18.4. The molecule has 1 aromatic heterocycles. The summed E-state index contributed by atoms with van der Waals surface area (Å²) in [7, 11) is -11.3. The lowest BCUT2D eigenvalue weighted by molar-refractivity contribution is -0.192. The van der Waals surface area contributed by atoms with E-state index in [1.165, 1.54) is 43.9 Å². The number of esters is 2. The summed E-state index contributed by atoms with van der Waals surface area (Å²) in [6.45, 7) is 3.67. The minimum Gasteiger partial charge on any atom is -0.462 e. The zero-order valence-electron chi connectivity index (χ0n) is 41.5. The van der Waals surface area contributed by atoms with Crippen LogP contribution in [0.2, 0.25) is 0 Å². The molecule has 408 valence electrons. The summed E-state index contributed by atoms with van der Waals surface area (Å²) in [4.78, 5) is 64.2. The molecule has 24 heteroatoms. The number of aliphatic hydroxyl groups is 5. The molecule has 0 saturated carbocycles. The number of cyclic esters (lactones) is 1. The summed E-state index contributed by atoms with van der Waals surface area (Å²) in [5.41, 5.74) is 4.75. The molecule has 0 radical (unpaired) electrons. The summed E-state index contributed by atoms with van der Waals surface area (Å²) in [6, 6.07) is 1.22. The molecule has 71 heavy (non-hydrogen) atoms. The Kier molecular flexibility index (Phi) is 29.1. The Hall–Kier alpha value is -2.92. The number of carbonyl (C=O) groups is 2. The van der Waals surface area contributed by atoms with E-state index in [-0.39, 0.29) is 37.9 Å². The summed E-state index contributed by atoms with van der Waals surface area (Å²) in [5.74, 6) is -2.12. The van der Waals surface area contributed by atoms with Gasteiger partial charge in [0.05, 0.1) is 25.4 Å². The number of rotatable bonds is 20. The van der Waals surface area contributed by atoms with Crippen LogP contribution in [0.4, 0.5) is 5.82 Å². The zero-order valence-corrected chi connectivity index (χ0v) is 43.3. The fourth-order valence-corrected chi connectivity index (χ4v) is 10.1. The minimum atomic E-state index is -5.73.